The Morgan fingerprint density at radius 1 is 0.333 bits per heavy atom. The summed E-state index contributed by atoms with van der Waals surface area (Å²) < 4.78 is 0. The van der Waals surface area contributed by atoms with Crippen LogP contribution in [0.1, 0.15) is 25.0 Å². The monoisotopic (exact) mass is 572 g/mol. The Bertz CT molecular complexity index is 2430. The third kappa shape index (κ3) is 3.92. The minimum absolute atomic E-state index is 0.0411. The van der Waals surface area contributed by atoms with Crippen LogP contribution in [-0.2, 0) is 5.41 Å². The zero-order valence-corrected chi connectivity index (χ0v) is 25.5. The van der Waals surface area contributed by atoms with Crippen LogP contribution >= 0.6 is 0 Å². The molecule has 0 nitrogen and oxygen atoms in total. The summed E-state index contributed by atoms with van der Waals surface area (Å²) in [5, 5.41) is 7.73. The van der Waals surface area contributed by atoms with Crippen LogP contribution in [0.3, 0.4) is 0 Å². The summed E-state index contributed by atoms with van der Waals surface area (Å²) in [4.78, 5) is 0. The van der Waals surface area contributed by atoms with Crippen LogP contribution in [0.25, 0.3) is 76.8 Å². The maximum absolute atomic E-state index is 2.43. The Hall–Kier alpha value is -5.46. The molecule has 0 fully saturated rings. The quantitative estimate of drug-likeness (QED) is 0.185. The molecule has 0 saturated carbocycles. The highest BCUT2D eigenvalue weighted by molar-refractivity contribution is 6.22. The summed E-state index contributed by atoms with van der Waals surface area (Å²) in [5.41, 5.74) is 13.1. The highest BCUT2D eigenvalue weighted by Crippen LogP contribution is 2.51. The van der Waals surface area contributed by atoms with E-state index in [2.05, 4.69) is 172 Å². The molecule has 0 atom stereocenters. The van der Waals surface area contributed by atoms with Crippen LogP contribution in [0.5, 0.6) is 0 Å². The molecule has 0 aromatic heterocycles. The molecular weight excluding hydrogens is 540 g/mol. The molecule has 1 aliphatic carbocycles. The van der Waals surface area contributed by atoms with E-state index in [0.717, 1.165) is 0 Å². The molecular formula is C45H32. The Kier molecular flexibility index (Phi) is 5.64. The summed E-state index contributed by atoms with van der Waals surface area (Å²) in [7, 11) is 0. The summed E-state index contributed by atoms with van der Waals surface area (Å²) in [5.74, 6) is 0. The van der Waals surface area contributed by atoms with E-state index < -0.39 is 0 Å². The van der Waals surface area contributed by atoms with Crippen molar-refractivity contribution in [1.29, 1.82) is 0 Å². The summed E-state index contributed by atoms with van der Waals surface area (Å²) >= 11 is 0. The average Bonchev–Trinajstić information content (AvgIpc) is 3.31. The molecule has 0 unspecified atom stereocenters. The van der Waals surface area contributed by atoms with E-state index in [-0.39, 0.29) is 5.41 Å². The van der Waals surface area contributed by atoms with Gasteiger partial charge in [0, 0.05) is 5.41 Å². The Labute approximate surface area is 264 Å². The fraction of sp³-hybridized carbons (Fsp3) is 0.0667. The number of benzene rings is 8. The maximum atomic E-state index is 2.43. The maximum Gasteiger partial charge on any atom is 0.0159 e. The van der Waals surface area contributed by atoms with Crippen molar-refractivity contribution < 1.29 is 0 Å². The molecule has 9 rings (SSSR count). The zero-order valence-electron chi connectivity index (χ0n) is 25.5. The van der Waals surface area contributed by atoms with Gasteiger partial charge in [-0.3, -0.25) is 0 Å². The van der Waals surface area contributed by atoms with Gasteiger partial charge in [-0.25, -0.2) is 0 Å². The van der Waals surface area contributed by atoms with Gasteiger partial charge in [0.05, 0.1) is 0 Å². The van der Waals surface area contributed by atoms with Crippen molar-refractivity contribution in [2.24, 2.45) is 0 Å². The first kappa shape index (κ1) is 26.0. The highest BCUT2D eigenvalue weighted by atomic mass is 14.4. The van der Waals surface area contributed by atoms with Gasteiger partial charge in [-0.05, 0) is 112 Å². The largest absolute Gasteiger partial charge is 0.0622 e. The molecule has 212 valence electrons. The summed E-state index contributed by atoms with van der Waals surface area (Å²) in [6, 6.07) is 58.4. The molecule has 8 aromatic rings. The molecule has 0 saturated heterocycles. The van der Waals surface area contributed by atoms with Gasteiger partial charge in [-0.2, -0.15) is 0 Å². The fourth-order valence-corrected chi connectivity index (χ4v) is 7.81. The van der Waals surface area contributed by atoms with Gasteiger partial charge in [0.2, 0.25) is 0 Å². The second kappa shape index (κ2) is 9.78. The van der Waals surface area contributed by atoms with Gasteiger partial charge in [0.15, 0.2) is 0 Å². The molecule has 0 radical (unpaired) electrons. The van der Waals surface area contributed by atoms with Crippen molar-refractivity contribution in [2.75, 3.05) is 0 Å². The van der Waals surface area contributed by atoms with Gasteiger partial charge in [0.1, 0.15) is 0 Å². The molecule has 0 aliphatic heterocycles. The summed E-state index contributed by atoms with van der Waals surface area (Å²) in [6.45, 7) is 4.73. The van der Waals surface area contributed by atoms with Crippen LogP contribution in [0.15, 0.2) is 158 Å². The number of rotatable bonds is 3. The number of hydrogen-bond acceptors (Lipinski definition) is 0. The molecule has 45 heavy (non-hydrogen) atoms. The van der Waals surface area contributed by atoms with Crippen molar-refractivity contribution in [1.82, 2.24) is 0 Å². The zero-order chi connectivity index (χ0) is 30.1. The molecule has 0 amide bonds. The predicted octanol–water partition coefficient (Wildman–Crippen LogP) is 12.5. The van der Waals surface area contributed by atoms with E-state index in [1.165, 1.54) is 88.0 Å². The van der Waals surface area contributed by atoms with E-state index in [9.17, 15) is 0 Å². The van der Waals surface area contributed by atoms with Crippen molar-refractivity contribution >= 4 is 32.3 Å². The molecule has 0 N–H and O–H groups in total. The van der Waals surface area contributed by atoms with E-state index in [1.54, 1.807) is 0 Å². The van der Waals surface area contributed by atoms with Crippen molar-refractivity contribution in [2.45, 2.75) is 19.3 Å². The average molecular weight is 573 g/mol. The highest BCUT2D eigenvalue weighted by Gasteiger charge is 2.35. The van der Waals surface area contributed by atoms with Crippen LogP contribution < -0.4 is 0 Å². The van der Waals surface area contributed by atoms with E-state index in [4.69, 9.17) is 0 Å². The smallest absolute Gasteiger partial charge is 0.0159 e. The molecule has 0 heterocycles. The molecule has 0 bridgehead atoms. The van der Waals surface area contributed by atoms with Gasteiger partial charge in [-0.15, -0.1) is 0 Å². The van der Waals surface area contributed by atoms with Gasteiger partial charge in [0.25, 0.3) is 0 Å². The SMILES string of the molecule is CC1(C)c2ccc(-c3ccc4c(-c5ccccc5)c5ccccc5c(-c5ccccc5)c4c3)cc2-c2cc3ccccc3cc21. The Balaban J connectivity index is 1.32. The van der Waals surface area contributed by atoms with Gasteiger partial charge >= 0.3 is 0 Å². The van der Waals surface area contributed by atoms with Gasteiger partial charge in [-0.1, -0.05) is 147 Å². The predicted molar refractivity (Wildman–Crippen MR) is 193 cm³/mol. The van der Waals surface area contributed by atoms with Crippen LogP contribution in [-0.4, -0.2) is 0 Å². The Morgan fingerprint density at radius 3 is 1.49 bits per heavy atom. The van der Waals surface area contributed by atoms with Crippen molar-refractivity contribution in [3.05, 3.63) is 169 Å². The second-order valence-corrected chi connectivity index (χ2v) is 12.9. The summed E-state index contributed by atoms with van der Waals surface area (Å²) in [6.07, 6.45) is 0. The van der Waals surface area contributed by atoms with Crippen LogP contribution in [0.4, 0.5) is 0 Å². The standard InChI is InChI=1S/C45H32/c1-45(2)41-24-22-34(26-38(41)39-25-31-17-9-10-18-32(31)28-42(39)45)33-21-23-37-40(27-33)44(30-15-7-4-8-16-30)36-20-12-11-19-35(36)43(37)29-13-5-3-6-14-29/h3-28H,1-2H3. The second-order valence-electron chi connectivity index (χ2n) is 12.9. The fourth-order valence-electron chi connectivity index (χ4n) is 7.81. The first-order chi connectivity index (χ1) is 22.1. The molecule has 8 aromatic carbocycles. The molecule has 0 heteroatoms. The lowest BCUT2D eigenvalue weighted by atomic mass is 9.81. The van der Waals surface area contributed by atoms with Crippen molar-refractivity contribution in [3.8, 4) is 44.5 Å². The van der Waals surface area contributed by atoms with Gasteiger partial charge < -0.3 is 0 Å². The van der Waals surface area contributed by atoms with Crippen LogP contribution in [0.2, 0.25) is 0 Å². The third-order valence-electron chi connectivity index (χ3n) is 10.0. The first-order valence-corrected chi connectivity index (χ1v) is 15.9. The third-order valence-corrected chi connectivity index (χ3v) is 10.0. The Morgan fingerprint density at radius 2 is 0.822 bits per heavy atom. The normalized spacial score (nSPS) is 13.3. The minimum atomic E-state index is -0.0411. The molecule has 0 spiro atoms. The minimum Gasteiger partial charge on any atom is -0.0622 e. The lowest BCUT2D eigenvalue weighted by Crippen LogP contribution is -2.14. The lowest BCUT2D eigenvalue weighted by Gasteiger charge is -2.22. The van der Waals surface area contributed by atoms with E-state index >= 15 is 0 Å². The van der Waals surface area contributed by atoms with Crippen molar-refractivity contribution in [3.63, 3.8) is 0 Å². The number of hydrogen-bond donors (Lipinski definition) is 0. The van der Waals surface area contributed by atoms with E-state index in [0.29, 0.717) is 0 Å². The van der Waals surface area contributed by atoms with E-state index in [1.807, 2.05) is 0 Å². The lowest BCUT2D eigenvalue weighted by molar-refractivity contribution is 0.661. The van der Waals surface area contributed by atoms with Crippen LogP contribution in [0, 0.1) is 0 Å². The number of fused-ring (bicyclic) bond motifs is 6. The first-order valence-electron chi connectivity index (χ1n) is 15.9. The topological polar surface area (TPSA) is 0 Å². The molecule has 1 aliphatic rings.